The molecule has 2 nitrogen and oxygen atoms in total. The van der Waals surface area contributed by atoms with E-state index in [2.05, 4.69) is 0 Å². The van der Waals surface area contributed by atoms with Crippen molar-refractivity contribution in [2.24, 2.45) is 5.92 Å². The molecule has 1 aliphatic carbocycles. The maximum absolute atomic E-state index is 11.5. The Morgan fingerprint density at radius 2 is 2.09 bits per heavy atom. The van der Waals surface area contributed by atoms with Gasteiger partial charge in [-0.3, -0.25) is 9.59 Å². The lowest BCUT2D eigenvalue weighted by molar-refractivity contribution is -0.136. The van der Waals surface area contributed by atoms with Gasteiger partial charge in [0, 0.05) is 22.6 Å². The third-order valence-corrected chi connectivity index (χ3v) is 3.62. The minimum atomic E-state index is -0.572. The highest BCUT2D eigenvalue weighted by Crippen LogP contribution is 2.35. The minimum Gasteiger partial charge on any atom is -0.299 e. The van der Waals surface area contributed by atoms with Gasteiger partial charge in [0.15, 0.2) is 0 Å². The Morgan fingerprint density at radius 1 is 1.55 bits per heavy atom. The van der Waals surface area contributed by atoms with Crippen LogP contribution in [0.3, 0.4) is 0 Å². The Balaban J connectivity index is 2.90. The maximum Gasteiger partial charge on any atom is 0.145 e. The van der Waals surface area contributed by atoms with Crippen molar-refractivity contribution < 1.29 is 9.59 Å². The zero-order chi connectivity index (χ0) is 8.65. The van der Waals surface area contributed by atoms with E-state index >= 15 is 0 Å². The highest BCUT2D eigenvalue weighted by atomic mass is 28.1. The van der Waals surface area contributed by atoms with Crippen LogP contribution in [0, 0.1) is 5.92 Å². The SMILES string of the molecule is CC1CCC(=O)C(C)([SiH3])C1=O. The number of ketones is 2. The molecule has 11 heavy (non-hydrogen) atoms. The molecule has 62 valence electrons. The summed E-state index contributed by atoms with van der Waals surface area (Å²) in [6.07, 6.45) is 1.36. The van der Waals surface area contributed by atoms with Crippen LogP contribution in [0.1, 0.15) is 26.7 Å². The number of Topliss-reactive ketones (excluding diaryl/α,β-unsaturated/α-hetero) is 2. The van der Waals surface area contributed by atoms with Gasteiger partial charge in [-0.2, -0.15) is 0 Å². The average molecular weight is 170 g/mol. The molecule has 2 atom stereocenters. The summed E-state index contributed by atoms with van der Waals surface area (Å²) in [5, 5.41) is -0.572. The highest BCUT2D eigenvalue weighted by molar-refractivity contribution is 6.42. The van der Waals surface area contributed by atoms with E-state index < -0.39 is 5.04 Å². The molecule has 1 saturated carbocycles. The molecule has 0 aromatic heterocycles. The first kappa shape index (κ1) is 8.65. The van der Waals surface area contributed by atoms with Crippen molar-refractivity contribution in [1.29, 1.82) is 0 Å². The van der Waals surface area contributed by atoms with Crippen LogP contribution < -0.4 is 0 Å². The summed E-state index contributed by atoms with van der Waals surface area (Å²) in [4.78, 5) is 22.8. The highest BCUT2D eigenvalue weighted by Gasteiger charge is 2.41. The van der Waals surface area contributed by atoms with Crippen molar-refractivity contribution in [3.8, 4) is 0 Å². The smallest absolute Gasteiger partial charge is 0.145 e. The molecule has 0 N–H and O–H groups in total. The van der Waals surface area contributed by atoms with Crippen LogP contribution in [0.15, 0.2) is 0 Å². The standard InChI is InChI=1S/C8H14O2Si/c1-5-3-4-6(9)8(2,11)7(5)10/h5H,3-4H2,1-2,11H3. The van der Waals surface area contributed by atoms with Gasteiger partial charge in [-0.25, -0.2) is 0 Å². The van der Waals surface area contributed by atoms with Crippen LogP contribution in [-0.2, 0) is 9.59 Å². The maximum atomic E-state index is 11.5. The lowest BCUT2D eigenvalue weighted by atomic mass is 9.80. The summed E-state index contributed by atoms with van der Waals surface area (Å²) in [5.41, 5.74) is 0. The van der Waals surface area contributed by atoms with Crippen LogP contribution in [0.4, 0.5) is 0 Å². The van der Waals surface area contributed by atoms with Gasteiger partial charge in [-0.15, -0.1) is 0 Å². The second-order valence-electron chi connectivity index (χ2n) is 3.85. The lowest BCUT2D eigenvalue weighted by Gasteiger charge is -2.30. The van der Waals surface area contributed by atoms with Gasteiger partial charge in [0.2, 0.25) is 0 Å². The van der Waals surface area contributed by atoms with Crippen LogP contribution in [0.2, 0.25) is 5.04 Å². The predicted octanol–water partition coefficient (Wildman–Crippen LogP) is 0.0985. The number of carbonyl (C=O) groups excluding carboxylic acids is 2. The summed E-state index contributed by atoms with van der Waals surface area (Å²) in [7, 11) is 0.667. The molecule has 0 saturated heterocycles. The fourth-order valence-electron chi connectivity index (χ4n) is 1.54. The molecule has 1 rings (SSSR count). The zero-order valence-electron chi connectivity index (χ0n) is 7.31. The first-order valence-corrected chi connectivity index (χ1v) is 5.04. The van der Waals surface area contributed by atoms with E-state index in [9.17, 15) is 9.59 Å². The normalized spacial score (nSPS) is 39.6. The van der Waals surface area contributed by atoms with E-state index in [1.165, 1.54) is 0 Å². The molecule has 1 aliphatic rings. The molecule has 0 amide bonds. The van der Waals surface area contributed by atoms with Crippen molar-refractivity contribution in [3.63, 3.8) is 0 Å². The molecule has 0 aliphatic heterocycles. The second-order valence-corrected chi connectivity index (χ2v) is 5.85. The van der Waals surface area contributed by atoms with Crippen molar-refractivity contribution in [3.05, 3.63) is 0 Å². The summed E-state index contributed by atoms with van der Waals surface area (Å²) in [6.45, 7) is 3.71. The van der Waals surface area contributed by atoms with Gasteiger partial charge >= 0.3 is 0 Å². The Labute approximate surface area is 69.8 Å². The van der Waals surface area contributed by atoms with E-state index in [1.807, 2.05) is 6.92 Å². The van der Waals surface area contributed by atoms with Gasteiger partial charge in [0.05, 0.1) is 5.04 Å². The van der Waals surface area contributed by atoms with Crippen LogP contribution in [0.5, 0.6) is 0 Å². The minimum absolute atomic E-state index is 0.107. The second kappa shape index (κ2) is 2.55. The summed E-state index contributed by atoms with van der Waals surface area (Å²) in [6, 6.07) is 0. The third kappa shape index (κ3) is 1.29. The molecule has 0 spiro atoms. The number of hydrogen-bond donors (Lipinski definition) is 0. The Bertz CT molecular complexity index is 208. The average Bonchev–Trinajstić information content (AvgIpc) is 1.95. The van der Waals surface area contributed by atoms with E-state index in [0.717, 1.165) is 6.42 Å². The molecule has 0 aromatic rings. The first-order valence-electron chi connectivity index (χ1n) is 4.04. The van der Waals surface area contributed by atoms with E-state index in [1.54, 1.807) is 6.92 Å². The molecular formula is C8H14O2Si. The largest absolute Gasteiger partial charge is 0.299 e. The summed E-state index contributed by atoms with van der Waals surface area (Å²) in [5.74, 6) is 0.433. The Hall–Kier alpha value is -0.443. The molecule has 0 aromatic carbocycles. The summed E-state index contributed by atoms with van der Waals surface area (Å²) < 4.78 is 0. The fraction of sp³-hybridized carbons (Fsp3) is 0.750. The molecule has 3 heteroatoms. The van der Waals surface area contributed by atoms with Crippen LogP contribution in [0.25, 0.3) is 0 Å². The van der Waals surface area contributed by atoms with Gasteiger partial charge < -0.3 is 0 Å². The van der Waals surface area contributed by atoms with E-state index in [-0.39, 0.29) is 17.5 Å². The number of carbonyl (C=O) groups is 2. The lowest BCUT2D eigenvalue weighted by Crippen LogP contribution is -2.38. The fourth-order valence-corrected chi connectivity index (χ4v) is 2.29. The van der Waals surface area contributed by atoms with Gasteiger partial charge in [-0.1, -0.05) is 6.92 Å². The molecule has 0 bridgehead atoms. The quantitative estimate of drug-likeness (QED) is 0.382. The van der Waals surface area contributed by atoms with Gasteiger partial charge in [0.25, 0.3) is 0 Å². The van der Waals surface area contributed by atoms with Crippen molar-refractivity contribution in [1.82, 2.24) is 0 Å². The number of hydrogen-bond acceptors (Lipinski definition) is 2. The molecule has 0 heterocycles. The van der Waals surface area contributed by atoms with Crippen molar-refractivity contribution in [2.45, 2.75) is 31.7 Å². The molecule has 1 fully saturated rings. The summed E-state index contributed by atoms with van der Waals surface area (Å²) >= 11 is 0. The van der Waals surface area contributed by atoms with E-state index in [0.29, 0.717) is 16.7 Å². The van der Waals surface area contributed by atoms with Crippen LogP contribution in [-0.4, -0.2) is 21.8 Å². The Morgan fingerprint density at radius 3 is 2.55 bits per heavy atom. The van der Waals surface area contributed by atoms with Crippen molar-refractivity contribution >= 4 is 21.8 Å². The number of rotatable bonds is 0. The Kier molecular flexibility index (Phi) is 2.01. The molecule has 0 radical (unpaired) electrons. The zero-order valence-corrected chi connectivity index (χ0v) is 9.31. The molecular weight excluding hydrogens is 156 g/mol. The van der Waals surface area contributed by atoms with Gasteiger partial charge in [-0.05, 0) is 13.3 Å². The van der Waals surface area contributed by atoms with Crippen LogP contribution >= 0.6 is 0 Å². The monoisotopic (exact) mass is 170 g/mol. The molecule has 2 unspecified atom stereocenters. The van der Waals surface area contributed by atoms with Gasteiger partial charge in [0.1, 0.15) is 11.6 Å². The topological polar surface area (TPSA) is 34.1 Å². The predicted molar refractivity (Wildman–Crippen MR) is 46.7 cm³/mol. The van der Waals surface area contributed by atoms with E-state index in [4.69, 9.17) is 0 Å². The third-order valence-electron chi connectivity index (χ3n) is 2.57. The van der Waals surface area contributed by atoms with Crippen molar-refractivity contribution in [2.75, 3.05) is 0 Å². The first-order chi connectivity index (χ1) is 4.96.